The maximum absolute atomic E-state index is 12.4. The summed E-state index contributed by atoms with van der Waals surface area (Å²) < 4.78 is 0. The molecule has 0 radical (unpaired) electrons. The van der Waals surface area contributed by atoms with Crippen LogP contribution in [-0.4, -0.2) is 20.9 Å². The van der Waals surface area contributed by atoms with E-state index >= 15 is 0 Å². The maximum atomic E-state index is 12.4. The molecule has 2 aromatic carbocycles. The van der Waals surface area contributed by atoms with Crippen molar-refractivity contribution in [1.82, 2.24) is 15.0 Å². The van der Waals surface area contributed by atoms with Crippen molar-refractivity contribution in [2.45, 2.75) is 6.92 Å². The largest absolute Gasteiger partial charge is 0.320 e. The second-order valence-electron chi connectivity index (χ2n) is 4.91. The summed E-state index contributed by atoms with van der Waals surface area (Å²) in [6.45, 7) is 1.73. The minimum absolute atomic E-state index is 0.246. The van der Waals surface area contributed by atoms with Crippen molar-refractivity contribution < 1.29 is 4.79 Å². The van der Waals surface area contributed by atoms with Crippen LogP contribution in [-0.2, 0) is 0 Å². The number of nitriles is 1. The summed E-state index contributed by atoms with van der Waals surface area (Å²) in [5, 5.41) is 20.1. The van der Waals surface area contributed by atoms with Crippen LogP contribution in [0.25, 0.3) is 5.69 Å². The zero-order chi connectivity index (χ0) is 16.2. The first kappa shape index (κ1) is 14.5. The fraction of sp³-hybridized carbons (Fsp3) is 0.0588. The number of anilines is 1. The van der Waals surface area contributed by atoms with Gasteiger partial charge in [0, 0.05) is 5.69 Å². The molecule has 6 nitrogen and oxygen atoms in total. The molecule has 6 heteroatoms. The van der Waals surface area contributed by atoms with Crippen molar-refractivity contribution in [2.24, 2.45) is 0 Å². The smallest absolute Gasteiger partial charge is 0.278 e. The molecule has 0 unspecified atom stereocenters. The Hall–Kier alpha value is -3.46. The van der Waals surface area contributed by atoms with Gasteiger partial charge in [0.25, 0.3) is 5.91 Å². The van der Waals surface area contributed by atoms with Gasteiger partial charge in [0.2, 0.25) is 0 Å². The number of hydrogen-bond acceptors (Lipinski definition) is 4. The number of nitrogens with one attached hydrogen (secondary N) is 1. The van der Waals surface area contributed by atoms with Crippen LogP contribution in [0.5, 0.6) is 0 Å². The number of aromatic nitrogens is 3. The van der Waals surface area contributed by atoms with E-state index < -0.39 is 0 Å². The standard InChI is InChI=1S/C17H13N5O/c1-12-16(21-22(20-12)15-8-3-2-4-9-15)17(23)19-14-7-5-6-13(10-14)11-18/h2-10H,1H3,(H,19,23). The molecule has 3 rings (SSSR count). The average Bonchev–Trinajstić information content (AvgIpc) is 2.98. The lowest BCUT2D eigenvalue weighted by Gasteiger charge is -2.03. The quantitative estimate of drug-likeness (QED) is 0.806. The van der Waals surface area contributed by atoms with Gasteiger partial charge in [-0.05, 0) is 37.3 Å². The number of nitrogens with zero attached hydrogens (tertiary/aromatic N) is 4. The van der Waals surface area contributed by atoms with Gasteiger partial charge in [-0.25, -0.2) is 0 Å². The van der Waals surface area contributed by atoms with Gasteiger partial charge in [0.1, 0.15) is 0 Å². The van der Waals surface area contributed by atoms with Crippen LogP contribution in [0.4, 0.5) is 5.69 Å². The second-order valence-corrected chi connectivity index (χ2v) is 4.91. The van der Waals surface area contributed by atoms with E-state index in [0.29, 0.717) is 16.9 Å². The molecule has 112 valence electrons. The van der Waals surface area contributed by atoms with E-state index in [-0.39, 0.29) is 11.6 Å². The van der Waals surface area contributed by atoms with Crippen LogP contribution in [0.3, 0.4) is 0 Å². The number of para-hydroxylation sites is 1. The first-order valence-electron chi connectivity index (χ1n) is 6.98. The summed E-state index contributed by atoms with van der Waals surface area (Å²) in [4.78, 5) is 13.8. The monoisotopic (exact) mass is 303 g/mol. The normalized spacial score (nSPS) is 10.1. The van der Waals surface area contributed by atoms with Crippen LogP contribution in [0.1, 0.15) is 21.7 Å². The fourth-order valence-electron chi connectivity index (χ4n) is 2.12. The van der Waals surface area contributed by atoms with Gasteiger partial charge >= 0.3 is 0 Å². The molecule has 0 aliphatic heterocycles. The minimum atomic E-state index is -0.361. The molecule has 0 bridgehead atoms. The fourth-order valence-corrected chi connectivity index (χ4v) is 2.12. The summed E-state index contributed by atoms with van der Waals surface area (Å²) in [6, 6.07) is 18.1. The molecule has 0 fully saturated rings. The summed E-state index contributed by atoms with van der Waals surface area (Å²) in [7, 11) is 0. The van der Waals surface area contributed by atoms with Crippen molar-refractivity contribution in [1.29, 1.82) is 5.26 Å². The molecule has 0 atom stereocenters. The molecule has 1 heterocycles. The van der Waals surface area contributed by atoms with Crippen LogP contribution < -0.4 is 5.32 Å². The number of amides is 1. The molecule has 0 saturated heterocycles. The predicted octanol–water partition coefficient (Wildman–Crippen LogP) is 2.70. The summed E-state index contributed by atoms with van der Waals surface area (Å²) >= 11 is 0. The summed E-state index contributed by atoms with van der Waals surface area (Å²) in [5.41, 5.74) is 2.58. The van der Waals surface area contributed by atoms with E-state index in [1.54, 1.807) is 31.2 Å². The second kappa shape index (κ2) is 6.12. The van der Waals surface area contributed by atoms with Gasteiger partial charge in [-0.3, -0.25) is 4.79 Å². The Morgan fingerprint density at radius 2 is 1.91 bits per heavy atom. The molecule has 0 aliphatic rings. The van der Waals surface area contributed by atoms with E-state index in [1.807, 2.05) is 36.4 Å². The number of aryl methyl sites for hydroxylation is 1. The molecule has 0 saturated carbocycles. The average molecular weight is 303 g/mol. The van der Waals surface area contributed by atoms with Gasteiger partial charge in [-0.1, -0.05) is 24.3 Å². The van der Waals surface area contributed by atoms with Crippen molar-refractivity contribution in [3.05, 3.63) is 71.5 Å². The number of benzene rings is 2. The predicted molar refractivity (Wildman–Crippen MR) is 85.2 cm³/mol. The van der Waals surface area contributed by atoms with Crippen molar-refractivity contribution in [3.8, 4) is 11.8 Å². The van der Waals surface area contributed by atoms with Gasteiger partial charge < -0.3 is 5.32 Å². The molecule has 3 aromatic rings. The van der Waals surface area contributed by atoms with E-state index in [0.717, 1.165) is 5.69 Å². The van der Waals surface area contributed by atoms with Crippen LogP contribution in [0, 0.1) is 18.3 Å². The van der Waals surface area contributed by atoms with Gasteiger partial charge in [0.05, 0.1) is 23.0 Å². The number of hydrogen-bond donors (Lipinski definition) is 1. The van der Waals surface area contributed by atoms with Crippen molar-refractivity contribution in [3.63, 3.8) is 0 Å². The Bertz CT molecular complexity index is 893. The van der Waals surface area contributed by atoms with Crippen molar-refractivity contribution >= 4 is 11.6 Å². The van der Waals surface area contributed by atoms with Crippen LogP contribution in [0.15, 0.2) is 54.6 Å². The molecule has 0 spiro atoms. The van der Waals surface area contributed by atoms with E-state index in [9.17, 15) is 4.79 Å². The molecule has 0 aliphatic carbocycles. The first-order chi connectivity index (χ1) is 11.2. The maximum Gasteiger partial charge on any atom is 0.278 e. The highest BCUT2D eigenvalue weighted by atomic mass is 16.2. The van der Waals surface area contributed by atoms with E-state index in [1.165, 1.54) is 4.80 Å². The van der Waals surface area contributed by atoms with Gasteiger partial charge in [-0.2, -0.15) is 15.2 Å². The molecule has 1 amide bonds. The lowest BCUT2D eigenvalue weighted by atomic mass is 10.2. The van der Waals surface area contributed by atoms with Gasteiger partial charge in [0.15, 0.2) is 5.69 Å². The van der Waals surface area contributed by atoms with E-state index in [2.05, 4.69) is 15.5 Å². The van der Waals surface area contributed by atoms with Crippen molar-refractivity contribution in [2.75, 3.05) is 5.32 Å². The lowest BCUT2D eigenvalue weighted by molar-refractivity contribution is 0.102. The highest BCUT2D eigenvalue weighted by molar-refractivity contribution is 6.03. The zero-order valence-corrected chi connectivity index (χ0v) is 12.4. The van der Waals surface area contributed by atoms with Gasteiger partial charge in [-0.15, -0.1) is 5.10 Å². The van der Waals surface area contributed by atoms with Crippen LogP contribution in [0.2, 0.25) is 0 Å². The van der Waals surface area contributed by atoms with Crippen LogP contribution >= 0.6 is 0 Å². The SMILES string of the molecule is Cc1nn(-c2ccccc2)nc1C(=O)Nc1cccc(C#N)c1. The Morgan fingerprint density at radius 1 is 1.13 bits per heavy atom. The third-order valence-corrected chi connectivity index (χ3v) is 3.23. The highest BCUT2D eigenvalue weighted by Gasteiger charge is 2.16. The number of carbonyl (C=O) groups excluding carboxylic acids is 1. The Labute approximate surface area is 133 Å². The number of carbonyl (C=O) groups is 1. The Morgan fingerprint density at radius 3 is 2.65 bits per heavy atom. The molecule has 1 aromatic heterocycles. The third-order valence-electron chi connectivity index (χ3n) is 3.23. The Kier molecular flexibility index (Phi) is 3.85. The lowest BCUT2D eigenvalue weighted by Crippen LogP contribution is -2.14. The summed E-state index contributed by atoms with van der Waals surface area (Å²) in [5.74, 6) is -0.361. The molecule has 23 heavy (non-hydrogen) atoms. The molecule has 1 N–H and O–H groups in total. The first-order valence-corrected chi connectivity index (χ1v) is 6.98. The van der Waals surface area contributed by atoms with E-state index in [4.69, 9.17) is 5.26 Å². The minimum Gasteiger partial charge on any atom is -0.320 e. The molecular formula is C17H13N5O. The topological polar surface area (TPSA) is 83.6 Å². The number of rotatable bonds is 3. The third kappa shape index (κ3) is 3.09. The zero-order valence-electron chi connectivity index (χ0n) is 12.4. The Balaban J connectivity index is 1.85. The highest BCUT2D eigenvalue weighted by Crippen LogP contribution is 2.13. The summed E-state index contributed by atoms with van der Waals surface area (Å²) in [6.07, 6.45) is 0. The molecular weight excluding hydrogens is 290 g/mol.